The van der Waals surface area contributed by atoms with E-state index in [1.807, 2.05) is 76.2 Å². The van der Waals surface area contributed by atoms with Gasteiger partial charge in [-0.2, -0.15) is 0 Å². The van der Waals surface area contributed by atoms with Crippen molar-refractivity contribution in [1.29, 1.82) is 0 Å². The molecule has 4 heterocycles. The number of para-hydroxylation sites is 1. The van der Waals surface area contributed by atoms with Crippen molar-refractivity contribution in [3.8, 4) is 5.75 Å². The number of nitrogens with zero attached hydrogens (tertiary/aromatic N) is 1. The number of anilines is 2. The zero-order valence-electron chi connectivity index (χ0n) is 23.2. The number of aryl methyl sites for hydroxylation is 1. The van der Waals surface area contributed by atoms with Gasteiger partial charge in [-0.25, -0.2) is 0 Å². The molecule has 7 rings (SSSR count). The topological polar surface area (TPSA) is 87.7 Å². The molecule has 0 aromatic heterocycles. The summed E-state index contributed by atoms with van der Waals surface area (Å²) in [6, 6.07) is 18.5. The first-order valence-electron chi connectivity index (χ1n) is 14.1. The lowest BCUT2D eigenvalue weighted by Gasteiger charge is -2.43. The minimum absolute atomic E-state index is 0.0123. The van der Waals surface area contributed by atoms with Crippen LogP contribution in [0.4, 0.5) is 11.4 Å². The Morgan fingerprint density at radius 2 is 1.70 bits per heavy atom. The van der Waals surface area contributed by atoms with E-state index in [-0.39, 0.29) is 29.7 Å². The Morgan fingerprint density at radius 1 is 0.950 bits per heavy atom. The summed E-state index contributed by atoms with van der Waals surface area (Å²) in [4.78, 5) is 46.1. The predicted molar refractivity (Wildman–Crippen MR) is 153 cm³/mol. The second-order valence-corrected chi connectivity index (χ2v) is 11.8. The third-order valence-corrected chi connectivity index (χ3v) is 9.60. The van der Waals surface area contributed by atoms with Crippen LogP contribution in [0.25, 0.3) is 0 Å². The number of amides is 2. The minimum atomic E-state index is -1.43. The van der Waals surface area contributed by atoms with Crippen molar-refractivity contribution in [2.24, 2.45) is 5.92 Å². The third kappa shape index (κ3) is 2.91. The fourth-order valence-corrected chi connectivity index (χ4v) is 8.05. The van der Waals surface area contributed by atoms with Gasteiger partial charge in [0.1, 0.15) is 16.7 Å². The number of fused-ring (bicyclic) bond motifs is 7. The minimum Gasteiger partial charge on any atom is -0.491 e. The molecule has 7 heteroatoms. The maximum absolute atomic E-state index is 14.7. The summed E-state index contributed by atoms with van der Waals surface area (Å²) in [6.07, 6.45) is 1.60. The Balaban J connectivity index is 1.51. The van der Waals surface area contributed by atoms with E-state index in [0.29, 0.717) is 29.1 Å². The molecular weight excluding hydrogens is 502 g/mol. The van der Waals surface area contributed by atoms with Crippen molar-refractivity contribution in [1.82, 2.24) is 4.90 Å². The number of carbonyl (C=O) groups excluding carboxylic acids is 3. The molecule has 3 aromatic rings. The molecule has 0 aliphatic carbocycles. The molecule has 4 aliphatic heterocycles. The van der Waals surface area contributed by atoms with E-state index in [1.165, 1.54) is 0 Å². The number of ether oxygens (including phenoxy) is 1. The number of hydrogen-bond donors (Lipinski definition) is 2. The Hall–Kier alpha value is -3.97. The van der Waals surface area contributed by atoms with E-state index < -0.39 is 16.9 Å². The molecule has 0 saturated carbocycles. The standard InChI is InChI=1S/C33H33N3O4/c1-18(2)40-22-14-12-21(13-15-22)29(37)27-26-10-7-17-36(26)33(24-16-11-19(3)20(4)28(24)35-31(33)39)32(27)23-8-5-6-9-25(23)34-30(32)38/h5-6,8-9,11-16,18,26-27H,7,10,17H2,1-4H3,(H,34,38)(H,35,39). The predicted octanol–water partition coefficient (Wildman–Crippen LogP) is 5.11. The molecule has 2 amide bonds. The van der Waals surface area contributed by atoms with Gasteiger partial charge in [0.05, 0.1) is 12.0 Å². The summed E-state index contributed by atoms with van der Waals surface area (Å²) in [5.74, 6) is -0.713. The highest BCUT2D eigenvalue weighted by atomic mass is 16.5. The van der Waals surface area contributed by atoms with E-state index >= 15 is 0 Å². The van der Waals surface area contributed by atoms with Gasteiger partial charge in [0.2, 0.25) is 5.91 Å². The van der Waals surface area contributed by atoms with E-state index in [4.69, 9.17) is 4.74 Å². The molecule has 0 bridgehead atoms. The summed E-state index contributed by atoms with van der Waals surface area (Å²) in [7, 11) is 0. The fraction of sp³-hybridized carbons (Fsp3) is 0.364. The van der Waals surface area contributed by atoms with Crippen LogP contribution in [0, 0.1) is 19.8 Å². The van der Waals surface area contributed by atoms with Crippen LogP contribution in [-0.4, -0.2) is 41.2 Å². The molecule has 4 aliphatic rings. The average Bonchev–Trinajstić information content (AvgIpc) is 3.65. The first-order valence-corrected chi connectivity index (χ1v) is 14.1. The van der Waals surface area contributed by atoms with Gasteiger partial charge in [-0.15, -0.1) is 0 Å². The number of rotatable bonds is 4. The zero-order chi connectivity index (χ0) is 28.0. The third-order valence-electron chi connectivity index (χ3n) is 9.60. The molecule has 3 aromatic carbocycles. The largest absolute Gasteiger partial charge is 0.491 e. The summed E-state index contributed by atoms with van der Waals surface area (Å²) in [5.41, 5.74) is 2.70. The lowest BCUT2D eigenvalue weighted by Crippen LogP contribution is -2.62. The van der Waals surface area contributed by atoms with Crippen molar-refractivity contribution in [3.05, 3.63) is 88.5 Å². The quantitative estimate of drug-likeness (QED) is 0.454. The van der Waals surface area contributed by atoms with Crippen LogP contribution >= 0.6 is 0 Å². The van der Waals surface area contributed by atoms with E-state index in [1.54, 1.807) is 12.1 Å². The summed E-state index contributed by atoms with van der Waals surface area (Å²) >= 11 is 0. The summed E-state index contributed by atoms with van der Waals surface area (Å²) in [5, 5.41) is 6.29. The lowest BCUT2D eigenvalue weighted by atomic mass is 9.57. The molecule has 2 saturated heterocycles. The van der Waals surface area contributed by atoms with E-state index in [0.717, 1.165) is 35.2 Å². The van der Waals surface area contributed by atoms with Gasteiger partial charge in [0.25, 0.3) is 5.91 Å². The maximum atomic E-state index is 14.7. The Bertz CT molecular complexity index is 1600. The van der Waals surface area contributed by atoms with Crippen molar-refractivity contribution < 1.29 is 19.1 Å². The highest BCUT2D eigenvalue weighted by Crippen LogP contribution is 2.68. The summed E-state index contributed by atoms with van der Waals surface area (Å²) < 4.78 is 5.81. The monoisotopic (exact) mass is 535 g/mol. The zero-order valence-corrected chi connectivity index (χ0v) is 23.2. The van der Waals surface area contributed by atoms with E-state index in [9.17, 15) is 14.4 Å². The number of benzene rings is 3. The fourth-order valence-electron chi connectivity index (χ4n) is 8.05. The molecular formula is C33H33N3O4. The normalized spacial score (nSPS) is 28.1. The van der Waals surface area contributed by atoms with Crippen molar-refractivity contribution in [3.63, 3.8) is 0 Å². The molecule has 40 heavy (non-hydrogen) atoms. The number of ketones is 1. The molecule has 2 spiro atoms. The van der Waals surface area contributed by atoms with Gasteiger partial charge in [0, 0.05) is 28.5 Å². The first kappa shape index (κ1) is 25.0. The van der Waals surface area contributed by atoms with Gasteiger partial charge in [-0.05, 0) is 94.1 Å². The molecule has 7 nitrogen and oxygen atoms in total. The van der Waals surface area contributed by atoms with Crippen LogP contribution in [0.2, 0.25) is 0 Å². The number of Topliss-reactive ketones (excluding diaryl/α,β-unsaturated/α-hetero) is 1. The molecule has 4 atom stereocenters. The van der Waals surface area contributed by atoms with Crippen molar-refractivity contribution in [2.45, 2.75) is 63.6 Å². The van der Waals surface area contributed by atoms with Crippen LogP contribution in [0.3, 0.4) is 0 Å². The van der Waals surface area contributed by atoms with Gasteiger partial charge in [-0.3, -0.25) is 19.3 Å². The average molecular weight is 536 g/mol. The first-order chi connectivity index (χ1) is 19.2. The van der Waals surface area contributed by atoms with E-state index in [2.05, 4.69) is 15.5 Å². The van der Waals surface area contributed by atoms with Gasteiger partial charge >= 0.3 is 0 Å². The van der Waals surface area contributed by atoms with Crippen LogP contribution in [0.15, 0.2) is 60.7 Å². The van der Waals surface area contributed by atoms with Crippen molar-refractivity contribution in [2.75, 3.05) is 17.2 Å². The second-order valence-electron chi connectivity index (χ2n) is 11.8. The molecule has 2 fully saturated rings. The van der Waals surface area contributed by atoms with Crippen LogP contribution in [0.1, 0.15) is 59.3 Å². The highest BCUT2D eigenvalue weighted by Gasteiger charge is 2.81. The van der Waals surface area contributed by atoms with Crippen LogP contribution < -0.4 is 15.4 Å². The number of carbonyl (C=O) groups is 3. The Labute approximate surface area is 233 Å². The molecule has 0 radical (unpaired) electrons. The molecule has 204 valence electrons. The Kier molecular flexibility index (Phi) is 5.33. The van der Waals surface area contributed by atoms with Gasteiger partial charge < -0.3 is 15.4 Å². The number of nitrogens with one attached hydrogen (secondary N) is 2. The Morgan fingerprint density at radius 3 is 2.45 bits per heavy atom. The maximum Gasteiger partial charge on any atom is 0.251 e. The number of hydrogen-bond acceptors (Lipinski definition) is 5. The highest BCUT2D eigenvalue weighted by molar-refractivity contribution is 6.21. The van der Waals surface area contributed by atoms with Gasteiger partial charge in [-0.1, -0.05) is 30.3 Å². The van der Waals surface area contributed by atoms with Gasteiger partial charge in [0.15, 0.2) is 5.78 Å². The lowest BCUT2D eigenvalue weighted by molar-refractivity contribution is -0.137. The SMILES string of the molecule is Cc1ccc2c(c1C)NC(=O)C21N2CCCC2C(C(=O)c2ccc(OC(C)C)cc2)C12C(=O)Nc1ccccc12. The summed E-state index contributed by atoms with van der Waals surface area (Å²) in [6.45, 7) is 8.57. The molecule has 2 N–H and O–H groups in total. The van der Waals surface area contributed by atoms with Crippen LogP contribution in [0.5, 0.6) is 5.75 Å². The second kappa shape index (κ2) is 8.51. The molecule has 4 unspecified atom stereocenters. The van der Waals surface area contributed by atoms with Crippen LogP contribution in [-0.2, 0) is 20.5 Å². The smallest absolute Gasteiger partial charge is 0.251 e. The van der Waals surface area contributed by atoms with Crippen molar-refractivity contribution >= 4 is 29.0 Å².